The van der Waals surface area contributed by atoms with E-state index in [1.54, 1.807) is 4.90 Å². The van der Waals surface area contributed by atoms with Gasteiger partial charge in [-0.15, -0.1) is 0 Å². The number of nitrogens with zero attached hydrogens (tertiary/aromatic N) is 1. The number of nitrogens with one attached hydrogen (secondary N) is 1. The first-order valence-electron chi connectivity index (χ1n) is 6.46. The molecule has 1 rings (SSSR count). The summed E-state index contributed by atoms with van der Waals surface area (Å²) in [5.74, 6) is 1.86. The van der Waals surface area contributed by atoms with Crippen molar-refractivity contribution in [2.75, 3.05) is 20.6 Å². The molecule has 94 valence electrons. The second kappa shape index (κ2) is 6.24. The van der Waals surface area contributed by atoms with E-state index in [0.29, 0.717) is 12.5 Å². The van der Waals surface area contributed by atoms with Gasteiger partial charge < -0.3 is 10.2 Å². The van der Waals surface area contributed by atoms with Crippen molar-refractivity contribution in [2.24, 2.45) is 11.8 Å². The van der Waals surface area contributed by atoms with Gasteiger partial charge in [0.15, 0.2) is 0 Å². The highest BCUT2D eigenvalue weighted by atomic mass is 16.2. The predicted octanol–water partition coefficient (Wildman–Crippen LogP) is 1.88. The first kappa shape index (κ1) is 13.5. The molecule has 3 nitrogen and oxygen atoms in total. The topological polar surface area (TPSA) is 32.3 Å². The minimum absolute atomic E-state index is 0.231. The quantitative estimate of drug-likeness (QED) is 0.726. The van der Waals surface area contributed by atoms with Gasteiger partial charge in [-0.05, 0) is 37.6 Å². The average molecular weight is 226 g/mol. The Hall–Kier alpha value is -0.570. The van der Waals surface area contributed by atoms with Crippen molar-refractivity contribution in [2.45, 2.75) is 45.6 Å². The second-order valence-electron chi connectivity index (χ2n) is 5.37. The standard InChI is InChI=1S/C13H26N2O/c1-10-7-8-12(11(10)2)14-9-5-6-13(16)15(3)4/h10-12,14H,5-9H2,1-4H3. The van der Waals surface area contributed by atoms with Crippen LogP contribution in [0.4, 0.5) is 0 Å². The van der Waals surface area contributed by atoms with E-state index in [9.17, 15) is 4.79 Å². The molecule has 1 N–H and O–H groups in total. The highest BCUT2D eigenvalue weighted by molar-refractivity contribution is 5.75. The first-order chi connectivity index (χ1) is 7.52. The molecule has 0 radical (unpaired) electrons. The molecule has 16 heavy (non-hydrogen) atoms. The van der Waals surface area contributed by atoms with Crippen LogP contribution in [0.5, 0.6) is 0 Å². The summed E-state index contributed by atoms with van der Waals surface area (Å²) in [7, 11) is 3.63. The van der Waals surface area contributed by atoms with Crippen LogP contribution in [0, 0.1) is 11.8 Å². The smallest absolute Gasteiger partial charge is 0.222 e. The van der Waals surface area contributed by atoms with Crippen LogP contribution in [-0.4, -0.2) is 37.5 Å². The van der Waals surface area contributed by atoms with Crippen LogP contribution >= 0.6 is 0 Å². The van der Waals surface area contributed by atoms with Crippen LogP contribution in [0.2, 0.25) is 0 Å². The highest BCUT2D eigenvalue weighted by Crippen LogP contribution is 2.30. The Morgan fingerprint density at radius 1 is 1.31 bits per heavy atom. The molecule has 3 heteroatoms. The monoisotopic (exact) mass is 226 g/mol. The zero-order valence-electron chi connectivity index (χ0n) is 11.1. The molecule has 0 aromatic heterocycles. The van der Waals surface area contributed by atoms with Crippen LogP contribution in [0.15, 0.2) is 0 Å². The van der Waals surface area contributed by atoms with Crippen LogP contribution in [0.1, 0.15) is 39.5 Å². The Bertz CT molecular complexity index is 228. The number of rotatable bonds is 5. The van der Waals surface area contributed by atoms with Crippen LogP contribution < -0.4 is 5.32 Å². The van der Waals surface area contributed by atoms with Gasteiger partial charge >= 0.3 is 0 Å². The first-order valence-corrected chi connectivity index (χ1v) is 6.46. The summed E-state index contributed by atoms with van der Waals surface area (Å²) in [5.41, 5.74) is 0. The summed E-state index contributed by atoms with van der Waals surface area (Å²) in [5, 5.41) is 3.59. The van der Waals surface area contributed by atoms with Crippen LogP contribution in [0.25, 0.3) is 0 Å². The zero-order chi connectivity index (χ0) is 12.1. The molecule has 1 amide bonds. The van der Waals surface area contributed by atoms with E-state index < -0.39 is 0 Å². The van der Waals surface area contributed by atoms with Crippen LogP contribution in [-0.2, 0) is 4.79 Å². The van der Waals surface area contributed by atoms with Gasteiger partial charge in [-0.3, -0.25) is 4.79 Å². The van der Waals surface area contributed by atoms with Crippen molar-refractivity contribution in [3.63, 3.8) is 0 Å². The number of carbonyl (C=O) groups is 1. The third-order valence-electron chi connectivity index (χ3n) is 3.94. The van der Waals surface area contributed by atoms with Gasteiger partial charge in [0.25, 0.3) is 0 Å². The molecule has 0 saturated heterocycles. The summed E-state index contributed by atoms with van der Waals surface area (Å²) in [6, 6.07) is 0.671. The molecule has 1 saturated carbocycles. The van der Waals surface area contributed by atoms with Gasteiger partial charge in [-0.1, -0.05) is 13.8 Å². The Labute approximate surface area is 99.6 Å². The van der Waals surface area contributed by atoms with Gasteiger partial charge in [0.1, 0.15) is 0 Å². The van der Waals surface area contributed by atoms with Crippen molar-refractivity contribution in [1.29, 1.82) is 0 Å². The zero-order valence-corrected chi connectivity index (χ0v) is 11.1. The predicted molar refractivity (Wildman–Crippen MR) is 67.3 cm³/mol. The highest BCUT2D eigenvalue weighted by Gasteiger charge is 2.28. The number of hydrogen-bond acceptors (Lipinski definition) is 2. The molecule has 0 aromatic rings. The van der Waals surface area contributed by atoms with Gasteiger partial charge in [0.2, 0.25) is 5.91 Å². The summed E-state index contributed by atoms with van der Waals surface area (Å²) in [4.78, 5) is 13.0. The third-order valence-corrected chi connectivity index (χ3v) is 3.94. The average Bonchev–Trinajstić information content (AvgIpc) is 2.55. The fourth-order valence-corrected chi connectivity index (χ4v) is 2.40. The molecule has 0 spiro atoms. The lowest BCUT2D eigenvalue weighted by atomic mass is 9.98. The maximum absolute atomic E-state index is 11.4. The fourth-order valence-electron chi connectivity index (χ4n) is 2.40. The largest absolute Gasteiger partial charge is 0.349 e. The molecule has 0 bridgehead atoms. The minimum Gasteiger partial charge on any atom is -0.349 e. The maximum atomic E-state index is 11.4. The van der Waals surface area contributed by atoms with Crippen molar-refractivity contribution < 1.29 is 4.79 Å². The summed E-state index contributed by atoms with van der Waals surface area (Å²) >= 11 is 0. The Balaban J connectivity index is 2.10. The minimum atomic E-state index is 0.231. The lowest BCUT2D eigenvalue weighted by Crippen LogP contribution is -2.33. The number of amides is 1. The van der Waals surface area contributed by atoms with E-state index in [1.165, 1.54) is 12.8 Å². The molecular formula is C13H26N2O. The van der Waals surface area contributed by atoms with Crippen molar-refractivity contribution >= 4 is 5.91 Å². The Morgan fingerprint density at radius 3 is 2.50 bits per heavy atom. The van der Waals surface area contributed by atoms with E-state index in [1.807, 2.05) is 14.1 Å². The summed E-state index contributed by atoms with van der Waals surface area (Å²) in [6.45, 7) is 5.64. The number of carbonyl (C=O) groups excluding carboxylic acids is 1. The normalized spacial score (nSPS) is 29.4. The molecular weight excluding hydrogens is 200 g/mol. The van der Waals surface area contributed by atoms with E-state index in [2.05, 4.69) is 19.2 Å². The Kier molecular flexibility index (Phi) is 5.26. The lowest BCUT2D eigenvalue weighted by Gasteiger charge is -2.19. The lowest BCUT2D eigenvalue weighted by molar-refractivity contribution is -0.128. The van der Waals surface area contributed by atoms with Gasteiger partial charge in [0.05, 0.1) is 0 Å². The molecule has 1 aliphatic carbocycles. The van der Waals surface area contributed by atoms with E-state index in [0.717, 1.165) is 24.8 Å². The molecule has 0 aromatic carbocycles. The van der Waals surface area contributed by atoms with Crippen LogP contribution in [0.3, 0.4) is 0 Å². The molecule has 3 unspecified atom stereocenters. The van der Waals surface area contributed by atoms with Gasteiger partial charge in [-0.2, -0.15) is 0 Å². The van der Waals surface area contributed by atoms with Crippen molar-refractivity contribution in [1.82, 2.24) is 10.2 Å². The van der Waals surface area contributed by atoms with E-state index >= 15 is 0 Å². The second-order valence-corrected chi connectivity index (χ2v) is 5.37. The summed E-state index contributed by atoms with van der Waals surface area (Å²) in [6.07, 6.45) is 4.25. The molecule has 0 heterocycles. The van der Waals surface area contributed by atoms with E-state index in [-0.39, 0.29) is 5.91 Å². The maximum Gasteiger partial charge on any atom is 0.222 e. The van der Waals surface area contributed by atoms with Gasteiger partial charge in [0, 0.05) is 26.6 Å². The Morgan fingerprint density at radius 2 is 2.00 bits per heavy atom. The van der Waals surface area contributed by atoms with Crippen molar-refractivity contribution in [3.05, 3.63) is 0 Å². The number of hydrogen-bond donors (Lipinski definition) is 1. The third kappa shape index (κ3) is 3.78. The SMILES string of the molecule is CC1CCC(NCCCC(=O)N(C)C)C1C. The van der Waals surface area contributed by atoms with Gasteiger partial charge in [-0.25, -0.2) is 0 Å². The van der Waals surface area contributed by atoms with Crippen molar-refractivity contribution in [3.8, 4) is 0 Å². The van der Waals surface area contributed by atoms with E-state index in [4.69, 9.17) is 0 Å². The molecule has 1 fully saturated rings. The molecule has 3 atom stereocenters. The molecule has 0 aliphatic heterocycles. The summed E-state index contributed by atoms with van der Waals surface area (Å²) < 4.78 is 0. The fraction of sp³-hybridized carbons (Fsp3) is 0.923. The molecule has 1 aliphatic rings.